The van der Waals surface area contributed by atoms with Crippen LogP contribution in [0.1, 0.15) is 42.5 Å². The predicted molar refractivity (Wildman–Crippen MR) is 131 cm³/mol. The molecule has 0 aliphatic carbocycles. The van der Waals surface area contributed by atoms with Crippen LogP contribution in [0.15, 0.2) is 47.3 Å². The molecule has 1 aromatic carbocycles. The van der Waals surface area contributed by atoms with Crippen LogP contribution in [-0.2, 0) is 6.42 Å². The van der Waals surface area contributed by atoms with Crippen molar-refractivity contribution in [3.05, 3.63) is 87.2 Å². The summed E-state index contributed by atoms with van der Waals surface area (Å²) in [6.45, 7) is 4.71. The molecule has 4 aromatic rings. The number of amides is 1. The van der Waals surface area contributed by atoms with Gasteiger partial charge in [0, 0.05) is 22.9 Å². The van der Waals surface area contributed by atoms with Gasteiger partial charge in [-0.2, -0.15) is 5.10 Å². The number of benzene rings is 1. The molecule has 1 amide bonds. The monoisotopic (exact) mass is 507 g/mol. The van der Waals surface area contributed by atoms with Gasteiger partial charge in [0.05, 0.1) is 11.7 Å². The Labute approximate surface area is 209 Å². The van der Waals surface area contributed by atoms with Gasteiger partial charge in [0.1, 0.15) is 22.9 Å². The zero-order chi connectivity index (χ0) is 26.9. The van der Waals surface area contributed by atoms with E-state index in [0.717, 1.165) is 18.2 Å². The van der Waals surface area contributed by atoms with Gasteiger partial charge in [-0.25, -0.2) is 32.9 Å². The second kappa shape index (κ2) is 9.83. The summed E-state index contributed by atoms with van der Waals surface area (Å²) in [7, 11) is 0. The van der Waals surface area contributed by atoms with Crippen molar-refractivity contribution in [3.8, 4) is 23.0 Å². The van der Waals surface area contributed by atoms with Gasteiger partial charge >= 0.3 is 11.8 Å². The third-order valence-electron chi connectivity index (χ3n) is 5.52. The van der Waals surface area contributed by atoms with Crippen LogP contribution in [-0.4, -0.2) is 41.5 Å². The van der Waals surface area contributed by atoms with Crippen molar-refractivity contribution < 1.29 is 23.8 Å². The molecule has 11 heteroatoms. The quantitative estimate of drug-likeness (QED) is 0.306. The van der Waals surface area contributed by atoms with Crippen LogP contribution in [0.5, 0.6) is 0 Å². The van der Waals surface area contributed by atoms with E-state index < -0.39 is 35.1 Å². The largest absolute Gasteiger partial charge is 0.465 e. The van der Waals surface area contributed by atoms with E-state index in [1.54, 1.807) is 31.2 Å². The predicted octanol–water partition coefficient (Wildman–Crippen LogP) is 3.35. The number of pyridine rings is 2. The number of aryl methyl sites for hydroxylation is 1. The van der Waals surface area contributed by atoms with Gasteiger partial charge in [-0.05, 0) is 75.1 Å². The fourth-order valence-corrected chi connectivity index (χ4v) is 4.01. The van der Waals surface area contributed by atoms with Crippen LogP contribution in [0.25, 0.3) is 16.8 Å². The molecule has 0 bridgehead atoms. The average Bonchev–Trinajstić information content (AvgIpc) is 3.17. The van der Waals surface area contributed by atoms with Crippen LogP contribution in [0.2, 0.25) is 0 Å². The molecule has 0 fully saturated rings. The van der Waals surface area contributed by atoms with Crippen LogP contribution >= 0.6 is 0 Å². The van der Waals surface area contributed by atoms with E-state index in [9.17, 15) is 28.6 Å². The van der Waals surface area contributed by atoms with E-state index in [1.165, 1.54) is 18.2 Å². The Hall–Kier alpha value is -4.56. The number of H-pyrrole nitrogens is 1. The number of nitrogens with zero attached hydrogens (tertiary/aromatic N) is 3. The smallest absolute Gasteiger partial charge is 0.405 e. The number of aromatic amines is 1. The number of fused-ring (bicyclic) bond motifs is 1. The topological polar surface area (TPSA) is 133 Å². The van der Waals surface area contributed by atoms with Gasteiger partial charge in [-0.1, -0.05) is 5.92 Å². The van der Waals surface area contributed by atoms with Crippen LogP contribution in [0.4, 0.5) is 13.6 Å². The van der Waals surface area contributed by atoms with E-state index in [2.05, 4.69) is 32.3 Å². The van der Waals surface area contributed by atoms with Crippen molar-refractivity contribution in [3.63, 3.8) is 0 Å². The molecule has 9 nitrogen and oxygen atoms in total. The van der Waals surface area contributed by atoms with Gasteiger partial charge in [-0.15, -0.1) is 0 Å². The molecule has 190 valence electrons. The highest BCUT2D eigenvalue weighted by molar-refractivity contribution is 5.72. The van der Waals surface area contributed by atoms with Crippen LogP contribution < -0.4 is 11.0 Å². The fourth-order valence-electron chi connectivity index (χ4n) is 4.01. The highest BCUT2D eigenvalue weighted by Crippen LogP contribution is 2.32. The summed E-state index contributed by atoms with van der Waals surface area (Å²) in [5.41, 5.74) is 0.838. The number of halogens is 2. The molecular formula is C26H23F2N5O4. The van der Waals surface area contributed by atoms with Crippen molar-refractivity contribution in [2.75, 3.05) is 0 Å². The second-order valence-electron chi connectivity index (χ2n) is 8.98. The first-order valence-electron chi connectivity index (χ1n) is 11.2. The first-order chi connectivity index (χ1) is 17.4. The Morgan fingerprint density at radius 3 is 2.49 bits per heavy atom. The van der Waals surface area contributed by atoms with E-state index >= 15 is 0 Å². The van der Waals surface area contributed by atoms with Crippen LogP contribution in [0, 0.1) is 30.4 Å². The molecule has 0 saturated heterocycles. The maximum atomic E-state index is 13.9. The fraction of sp³-hybridized carbons (Fsp3) is 0.231. The minimum Gasteiger partial charge on any atom is -0.465 e. The zero-order valence-electron chi connectivity index (χ0n) is 20.1. The molecule has 4 rings (SSSR count). The lowest BCUT2D eigenvalue weighted by Crippen LogP contribution is -2.30. The third-order valence-corrected chi connectivity index (χ3v) is 5.52. The minimum absolute atomic E-state index is 0.129. The van der Waals surface area contributed by atoms with Gasteiger partial charge in [-0.3, -0.25) is 0 Å². The lowest BCUT2D eigenvalue weighted by molar-refractivity contribution is 0.143. The SMILES string of the molecule is Cc1c(-c2ccc(C#CC(C)(C)O)nc2C(Cc2cc(F)cc(F)c2)NC(=O)O)ccc2n[nH]c(=O)n12. The minimum atomic E-state index is -1.37. The van der Waals surface area contributed by atoms with E-state index in [1.807, 2.05) is 0 Å². The lowest BCUT2D eigenvalue weighted by atomic mass is 9.94. The van der Waals surface area contributed by atoms with Crippen molar-refractivity contribution >= 4 is 11.7 Å². The molecule has 1 unspecified atom stereocenters. The Morgan fingerprint density at radius 1 is 1.16 bits per heavy atom. The molecule has 37 heavy (non-hydrogen) atoms. The average molecular weight is 507 g/mol. The van der Waals surface area contributed by atoms with E-state index in [-0.39, 0.29) is 23.4 Å². The van der Waals surface area contributed by atoms with Crippen LogP contribution in [0.3, 0.4) is 0 Å². The molecule has 0 saturated carbocycles. The van der Waals surface area contributed by atoms with E-state index in [0.29, 0.717) is 22.5 Å². The summed E-state index contributed by atoms with van der Waals surface area (Å²) >= 11 is 0. The first kappa shape index (κ1) is 25.5. The molecule has 3 heterocycles. The summed E-state index contributed by atoms with van der Waals surface area (Å²) < 4.78 is 29.2. The highest BCUT2D eigenvalue weighted by atomic mass is 19.1. The summed E-state index contributed by atoms with van der Waals surface area (Å²) in [4.78, 5) is 28.6. The molecular weight excluding hydrogens is 484 g/mol. The van der Waals surface area contributed by atoms with E-state index in [4.69, 9.17) is 0 Å². The molecule has 0 spiro atoms. The molecule has 1 atom stereocenters. The standard InChI is InChI=1S/C26H23F2N5O4/c1-14-19(6-7-22-31-32-24(34)33(14)22)20-5-4-18(8-9-26(2,3)37)29-23(20)21(30-25(35)36)12-15-10-16(27)13-17(28)11-15/h4-7,10-11,13,21,30,37H,12H2,1-3H3,(H,32,34)(H,35,36). The van der Waals surface area contributed by atoms with Gasteiger partial charge in [0.25, 0.3) is 0 Å². The Kier molecular flexibility index (Phi) is 6.78. The first-order valence-corrected chi connectivity index (χ1v) is 11.2. The number of carbonyl (C=O) groups is 1. The molecule has 0 radical (unpaired) electrons. The number of hydrogen-bond donors (Lipinski definition) is 4. The second-order valence-corrected chi connectivity index (χ2v) is 8.98. The highest BCUT2D eigenvalue weighted by Gasteiger charge is 2.24. The molecule has 0 aliphatic heterocycles. The number of hydrogen-bond acceptors (Lipinski definition) is 5. The number of nitrogens with one attached hydrogen (secondary N) is 2. The molecule has 3 aromatic heterocycles. The number of aromatic nitrogens is 4. The normalized spacial score (nSPS) is 12.2. The lowest BCUT2D eigenvalue weighted by Gasteiger charge is -2.21. The van der Waals surface area contributed by atoms with Gasteiger partial charge < -0.3 is 15.5 Å². The maximum absolute atomic E-state index is 13.9. The maximum Gasteiger partial charge on any atom is 0.405 e. The third kappa shape index (κ3) is 5.82. The zero-order valence-corrected chi connectivity index (χ0v) is 20.1. The number of aliphatic hydroxyl groups is 1. The summed E-state index contributed by atoms with van der Waals surface area (Å²) in [5.74, 6) is 3.82. The van der Waals surface area contributed by atoms with Crippen molar-refractivity contribution in [1.82, 2.24) is 24.9 Å². The number of carboxylic acid groups (broad SMARTS) is 1. The van der Waals surface area contributed by atoms with Crippen molar-refractivity contribution in [1.29, 1.82) is 0 Å². The van der Waals surface area contributed by atoms with Gasteiger partial charge in [0.15, 0.2) is 5.65 Å². The Bertz CT molecular complexity index is 1610. The number of rotatable bonds is 5. The molecule has 4 N–H and O–H groups in total. The summed E-state index contributed by atoms with van der Waals surface area (Å²) in [6.07, 6.45) is -1.50. The summed E-state index contributed by atoms with van der Waals surface area (Å²) in [5, 5.41) is 28.3. The summed E-state index contributed by atoms with van der Waals surface area (Å²) in [6, 6.07) is 8.49. The Balaban J connectivity index is 1.94. The van der Waals surface area contributed by atoms with Gasteiger partial charge in [0.2, 0.25) is 0 Å². The molecule has 0 aliphatic rings. The Morgan fingerprint density at radius 2 is 1.84 bits per heavy atom. The van der Waals surface area contributed by atoms with Crippen molar-refractivity contribution in [2.45, 2.75) is 38.8 Å². The van der Waals surface area contributed by atoms with Crippen molar-refractivity contribution in [2.24, 2.45) is 0 Å².